The molecule has 7 heteroatoms. The lowest BCUT2D eigenvalue weighted by Crippen LogP contribution is -2.03. The average Bonchev–Trinajstić information content (AvgIpc) is 2.68. The summed E-state index contributed by atoms with van der Waals surface area (Å²) in [4.78, 5) is 8.93. The summed E-state index contributed by atoms with van der Waals surface area (Å²) in [6.07, 6.45) is 0. The van der Waals surface area contributed by atoms with Gasteiger partial charge >= 0.3 is 0 Å². The Balaban J connectivity index is 1.86. The van der Waals surface area contributed by atoms with Gasteiger partial charge in [-0.2, -0.15) is 10.2 Å². The number of aromatic nitrogens is 2. The summed E-state index contributed by atoms with van der Waals surface area (Å²) < 4.78 is 10.6. The maximum Gasteiger partial charge on any atom is 0.229 e. The van der Waals surface area contributed by atoms with Crippen molar-refractivity contribution in [3.8, 4) is 17.6 Å². The summed E-state index contributed by atoms with van der Waals surface area (Å²) in [5.74, 6) is 2.42. The topological polar surface area (TPSA) is 92.1 Å². The molecule has 0 bridgehead atoms. The van der Waals surface area contributed by atoms with E-state index in [2.05, 4.69) is 26.7 Å². The van der Waals surface area contributed by atoms with Gasteiger partial charge in [0, 0.05) is 23.5 Å². The van der Waals surface area contributed by atoms with Crippen LogP contribution in [-0.4, -0.2) is 24.2 Å². The van der Waals surface area contributed by atoms with E-state index < -0.39 is 0 Å². The molecule has 0 aliphatic heterocycles. The van der Waals surface area contributed by atoms with E-state index in [4.69, 9.17) is 14.7 Å². The average molecular weight is 361 g/mol. The molecule has 0 radical (unpaired) electrons. The van der Waals surface area contributed by atoms with E-state index in [-0.39, 0.29) is 0 Å². The highest BCUT2D eigenvalue weighted by molar-refractivity contribution is 5.66. The fraction of sp³-hybridized carbons (Fsp3) is 0.150. The predicted molar refractivity (Wildman–Crippen MR) is 104 cm³/mol. The van der Waals surface area contributed by atoms with E-state index in [1.165, 1.54) is 0 Å². The molecule has 7 nitrogen and oxygen atoms in total. The monoisotopic (exact) mass is 361 g/mol. The smallest absolute Gasteiger partial charge is 0.229 e. The van der Waals surface area contributed by atoms with Crippen LogP contribution in [0.25, 0.3) is 0 Å². The lowest BCUT2D eigenvalue weighted by Gasteiger charge is -2.13. The summed E-state index contributed by atoms with van der Waals surface area (Å²) in [6.45, 7) is 1.89. The van der Waals surface area contributed by atoms with Gasteiger partial charge in [-0.25, -0.2) is 4.98 Å². The van der Waals surface area contributed by atoms with Crippen LogP contribution >= 0.6 is 0 Å². The Morgan fingerprint density at radius 3 is 2.37 bits per heavy atom. The molecular weight excluding hydrogens is 342 g/mol. The molecule has 0 spiro atoms. The number of hydrogen-bond donors (Lipinski definition) is 2. The van der Waals surface area contributed by atoms with Crippen LogP contribution in [0.2, 0.25) is 0 Å². The summed E-state index contributed by atoms with van der Waals surface area (Å²) in [5, 5.41) is 15.3. The van der Waals surface area contributed by atoms with Crippen molar-refractivity contribution in [1.82, 2.24) is 9.97 Å². The summed E-state index contributed by atoms with van der Waals surface area (Å²) in [5.41, 5.74) is 2.93. The Morgan fingerprint density at radius 2 is 1.70 bits per heavy atom. The van der Waals surface area contributed by atoms with Crippen molar-refractivity contribution in [2.75, 3.05) is 24.9 Å². The van der Waals surface area contributed by atoms with Crippen LogP contribution in [0.15, 0.2) is 48.5 Å². The second-order valence-corrected chi connectivity index (χ2v) is 5.72. The van der Waals surface area contributed by atoms with Crippen LogP contribution in [0, 0.1) is 18.3 Å². The molecule has 27 heavy (non-hydrogen) atoms. The number of aryl methyl sites for hydroxylation is 1. The number of hydrogen-bond acceptors (Lipinski definition) is 7. The molecule has 2 N–H and O–H groups in total. The molecule has 0 atom stereocenters. The van der Waals surface area contributed by atoms with E-state index in [0.717, 1.165) is 11.4 Å². The second kappa shape index (κ2) is 8.06. The van der Waals surface area contributed by atoms with Crippen molar-refractivity contribution < 1.29 is 9.47 Å². The van der Waals surface area contributed by atoms with Crippen molar-refractivity contribution in [2.45, 2.75) is 6.92 Å². The zero-order valence-corrected chi connectivity index (χ0v) is 15.3. The minimum absolute atomic E-state index is 0.428. The second-order valence-electron chi connectivity index (χ2n) is 5.72. The van der Waals surface area contributed by atoms with Gasteiger partial charge in [-0.1, -0.05) is 0 Å². The lowest BCUT2D eigenvalue weighted by molar-refractivity contribution is 0.405. The van der Waals surface area contributed by atoms with Crippen LogP contribution < -0.4 is 20.1 Å². The van der Waals surface area contributed by atoms with Gasteiger partial charge in [0.2, 0.25) is 5.95 Å². The Morgan fingerprint density at radius 1 is 0.926 bits per heavy atom. The quantitative estimate of drug-likeness (QED) is 0.681. The first-order valence-corrected chi connectivity index (χ1v) is 8.23. The van der Waals surface area contributed by atoms with Crippen LogP contribution in [0.5, 0.6) is 11.5 Å². The van der Waals surface area contributed by atoms with Crippen LogP contribution in [-0.2, 0) is 0 Å². The molecule has 1 heterocycles. The third-order valence-corrected chi connectivity index (χ3v) is 3.79. The maximum atomic E-state index is 8.89. The Hall–Kier alpha value is -3.79. The van der Waals surface area contributed by atoms with Gasteiger partial charge in [-0.3, -0.25) is 0 Å². The fourth-order valence-electron chi connectivity index (χ4n) is 2.50. The number of benzene rings is 2. The first-order valence-electron chi connectivity index (χ1n) is 8.23. The van der Waals surface area contributed by atoms with E-state index in [1.54, 1.807) is 26.4 Å². The van der Waals surface area contributed by atoms with Crippen molar-refractivity contribution >= 4 is 23.1 Å². The number of ether oxygens (including phenoxy) is 2. The van der Waals surface area contributed by atoms with Gasteiger partial charge in [-0.15, -0.1) is 0 Å². The van der Waals surface area contributed by atoms with Crippen molar-refractivity contribution in [1.29, 1.82) is 5.26 Å². The fourth-order valence-corrected chi connectivity index (χ4v) is 2.50. The van der Waals surface area contributed by atoms with Gasteiger partial charge in [0.1, 0.15) is 17.3 Å². The third-order valence-electron chi connectivity index (χ3n) is 3.79. The summed E-state index contributed by atoms with van der Waals surface area (Å²) in [6, 6.07) is 16.5. The maximum absolute atomic E-state index is 8.89. The highest BCUT2D eigenvalue weighted by atomic mass is 16.5. The molecule has 2 aromatic carbocycles. The highest BCUT2D eigenvalue weighted by Crippen LogP contribution is 2.31. The number of nitriles is 1. The van der Waals surface area contributed by atoms with Gasteiger partial charge in [0.05, 0.1) is 31.5 Å². The largest absolute Gasteiger partial charge is 0.497 e. The number of rotatable bonds is 6. The zero-order valence-electron chi connectivity index (χ0n) is 15.3. The first kappa shape index (κ1) is 18.0. The predicted octanol–water partition coefficient (Wildman–Crippen LogP) is 4.16. The molecule has 0 fully saturated rings. The zero-order chi connectivity index (χ0) is 19.2. The normalized spacial score (nSPS) is 10.0. The van der Waals surface area contributed by atoms with E-state index in [9.17, 15) is 0 Å². The number of methoxy groups -OCH3 is 2. The van der Waals surface area contributed by atoms with E-state index in [0.29, 0.717) is 34.5 Å². The first-order chi connectivity index (χ1) is 13.1. The molecule has 0 saturated carbocycles. The highest BCUT2D eigenvalue weighted by Gasteiger charge is 2.09. The number of nitrogens with one attached hydrogen (secondary N) is 2. The summed E-state index contributed by atoms with van der Waals surface area (Å²) >= 11 is 0. The molecule has 136 valence electrons. The van der Waals surface area contributed by atoms with Crippen molar-refractivity contribution in [3.05, 3.63) is 59.8 Å². The molecule has 3 rings (SSSR count). The summed E-state index contributed by atoms with van der Waals surface area (Å²) in [7, 11) is 3.20. The molecule has 0 aliphatic carbocycles. The van der Waals surface area contributed by atoms with Crippen molar-refractivity contribution in [2.24, 2.45) is 0 Å². The van der Waals surface area contributed by atoms with E-state index >= 15 is 0 Å². The molecule has 0 unspecified atom stereocenters. The third kappa shape index (κ3) is 4.44. The minimum Gasteiger partial charge on any atom is -0.497 e. The lowest BCUT2D eigenvalue weighted by atomic mass is 10.2. The molecule has 1 aromatic heterocycles. The Kier molecular flexibility index (Phi) is 5.38. The molecular formula is C20H19N5O2. The van der Waals surface area contributed by atoms with Crippen LogP contribution in [0.3, 0.4) is 0 Å². The minimum atomic E-state index is 0.428. The van der Waals surface area contributed by atoms with Crippen LogP contribution in [0.1, 0.15) is 11.3 Å². The van der Waals surface area contributed by atoms with Crippen molar-refractivity contribution in [3.63, 3.8) is 0 Å². The van der Waals surface area contributed by atoms with Gasteiger partial charge in [-0.05, 0) is 43.3 Å². The Bertz CT molecular complexity index is 981. The SMILES string of the molecule is COc1ccc(OC)c(Nc2nc(C)cc(Nc3ccc(C#N)cc3)n2)c1. The molecule has 0 saturated heterocycles. The Labute approximate surface area is 157 Å². The van der Waals surface area contributed by atoms with E-state index in [1.807, 2.05) is 43.3 Å². The van der Waals surface area contributed by atoms with Crippen LogP contribution in [0.4, 0.5) is 23.1 Å². The number of anilines is 4. The standard InChI is InChI=1S/C20H19N5O2/c1-13-10-19(23-15-6-4-14(12-21)5-7-15)25-20(22-13)24-17-11-16(26-2)8-9-18(17)27-3/h4-11H,1-3H3,(H2,22,23,24,25). The van der Waals surface area contributed by atoms with Gasteiger partial charge in [0.15, 0.2) is 0 Å². The number of nitrogens with zero attached hydrogens (tertiary/aromatic N) is 3. The molecule has 0 amide bonds. The van der Waals surface area contributed by atoms with Gasteiger partial charge in [0.25, 0.3) is 0 Å². The molecule has 0 aliphatic rings. The van der Waals surface area contributed by atoms with Gasteiger partial charge < -0.3 is 20.1 Å². The molecule has 3 aromatic rings.